The lowest BCUT2D eigenvalue weighted by atomic mass is 10.2. The molecule has 0 unspecified atom stereocenters. The number of alkyl halides is 1. The average molecular weight is 1400 g/mol. The molecule has 0 saturated carbocycles. The molecule has 25 heteroatoms. The van der Waals surface area contributed by atoms with E-state index in [0.717, 1.165) is 38.4 Å². The zero-order valence-corrected chi connectivity index (χ0v) is 50.7. The maximum absolute atomic E-state index is 13.6. The summed E-state index contributed by atoms with van der Waals surface area (Å²) in [6.45, 7) is 6.89. The fourth-order valence-corrected chi connectivity index (χ4v) is 11.9. The van der Waals surface area contributed by atoms with Gasteiger partial charge in [-0.1, -0.05) is 75.6 Å². The zero-order chi connectivity index (χ0) is 55.8. The first-order chi connectivity index (χ1) is 35.4. The van der Waals surface area contributed by atoms with Crippen LogP contribution in [0.1, 0.15) is 68.2 Å². The molecule has 0 aliphatic heterocycles. The molecule has 0 spiro atoms. The number of carbonyl (C=O) groups excluding carboxylic acids is 4. The summed E-state index contributed by atoms with van der Waals surface area (Å²) >= 11 is 17.3. The second-order valence-corrected chi connectivity index (χ2v) is 23.1. The number of carbonyl (C=O) groups is 4. The van der Waals surface area contributed by atoms with Crippen molar-refractivity contribution in [1.82, 2.24) is 18.2 Å². The maximum Gasteiger partial charge on any atom is 0.341 e. The van der Waals surface area contributed by atoms with Crippen molar-refractivity contribution < 1.29 is 63.7 Å². The molecule has 0 fully saturated rings. The fourth-order valence-electron chi connectivity index (χ4n) is 6.69. The van der Waals surface area contributed by atoms with Gasteiger partial charge in [0, 0.05) is 29.8 Å². The number of rotatable bonds is 19. The van der Waals surface area contributed by atoms with Gasteiger partial charge in [0.15, 0.2) is 0 Å². The van der Waals surface area contributed by atoms with Crippen LogP contribution in [0.5, 0.6) is 0 Å². The Hall–Kier alpha value is -4.60. The number of halogens is 7. The molecule has 4 aromatic carbocycles. The molecule has 75 heavy (non-hydrogen) atoms. The molecular weight excluding hydrogens is 1350 g/mol. The third-order valence-corrected chi connectivity index (χ3v) is 18.6. The Balaban J connectivity index is 0.000000270. The zero-order valence-electron chi connectivity index (χ0n) is 41.1. The van der Waals surface area contributed by atoms with E-state index < -0.39 is 50.3 Å². The standard InChI is InChI=1S/C25H25Br2FN2O6S.C15H13Br3FNO2.C10H13NO4S/c1-4-36-25(32)22-20(30(24(27)23(22)26)13-17-7-9-18(28)10-8-17)14-29(15-21(31)35-3)37(33,34)19-11-5-16(2)6-12-19;1-2-22-15(21)12-11(7-16)20(14(18)13(12)17)8-9-3-5-10(19)6-4-9;1-8-3-5-9(6-4-8)16(13,14)11-7-10(12)15-2/h5-12H,4,13-15H2,1-3H3;3-6H,2,7-8H2,1H3;3-6,11H,7H2,1-2H3. The Bertz CT molecular complexity index is 3180. The van der Waals surface area contributed by atoms with Crippen molar-refractivity contribution in [1.29, 1.82) is 0 Å². The normalized spacial score (nSPS) is 11.2. The topological polar surface area (TPSA) is 199 Å². The Morgan fingerprint density at radius 3 is 1.40 bits per heavy atom. The molecule has 2 aromatic heterocycles. The monoisotopic (exact) mass is 1400 g/mol. The van der Waals surface area contributed by atoms with E-state index in [2.05, 4.69) is 89.1 Å². The predicted octanol–water partition coefficient (Wildman–Crippen LogP) is 10.8. The molecule has 2 heterocycles. The molecular formula is C50H51Br5F2N4O12S2. The fraction of sp³-hybridized carbons (Fsp3) is 0.280. The van der Waals surface area contributed by atoms with Crippen LogP contribution >= 0.6 is 79.6 Å². The van der Waals surface area contributed by atoms with Crippen LogP contribution in [-0.4, -0.2) is 94.7 Å². The summed E-state index contributed by atoms with van der Waals surface area (Å²) in [6.07, 6.45) is 0. The number of aromatic nitrogens is 2. The highest BCUT2D eigenvalue weighted by Crippen LogP contribution is 2.37. The van der Waals surface area contributed by atoms with Gasteiger partial charge >= 0.3 is 23.9 Å². The van der Waals surface area contributed by atoms with Crippen LogP contribution in [0.25, 0.3) is 0 Å². The number of esters is 4. The van der Waals surface area contributed by atoms with Crippen LogP contribution in [-0.2, 0) is 73.5 Å². The third-order valence-electron chi connectivity index (χ3n) is 10.6. The van der Waals surface area contributed by atoms with Crippen LogP contribution in [0.4, 0.5) is 8.78 Å². The van der Waals surface area contributed by atoms with Gasteiger partial charge < -0.3 is 28.1 Å². The first-order valence-electron chi connectivity index (χ1n) is 22.2. The van der Waals surface area contributed by atoms with Crippen LogP contribution in [0.2, 0.25) is 0 Å². The van der Waals surface area contributed by atoms with Gasteiger partial charge in [-0.05, 0) is 151 Å². The number of ether oxygens (including phenoxy) is 4. The molecule has 0 aliphatic carbocycles. The van der Waals surface area contributed by atoms with Crippen LogP contribution < -0.4 is 4.72 Å². The number of nitrogens with one attached hydrogen (secondary N) is 1. The lowest BCUT2D eigenvalue weighted by Crippen LogP contribution is -2.37. The molecule has 0 saturated heterocycles. The van der Waals surface area contributed by atoms with E-state index in [1.54, 1.807) is 66.9 Å². The van der Waals surface area contributed by atoms with Crippen molar-refractivity contribution in [2.45, 2.75) is 62.5 Å². The van der Waals surface area contributed by atoms with E-state index in [-0.39, 0.29) is 59.1 Å². The van der Waals surface area contributed by atoms with E-state index in [9.17, 15) is 44.8 Å². The van der Waals surface area contributed by atoms with Gasteiger partial charge in [-0.25, -0.2) is 35.2 Å². The van der Waals surface area contributed by atoms with Gasteiger partial charge in [0.1, 0.15) is 33.9 Å². The number of sulfonamides is 2. The van der Waals surface area contributed by atoms with Crippen molar-refractivity contribution in [2.75, 3.05) is 40.5 Å². The molecule has 404 valence electrons. The van der Waals surface area contributed by atoms with Crippen molar-refractivity contribution >= 4 is 124 Å². The molecule has 0 amide bonds. The minimum absolute atomic E-state index is 0.0190. The van der Waals surface area contributed by atoms with Crippen LogP contribution in [0.3, 0.4) is 0 Å². The number of methoxy groups -OCH3 is 2. The number of hydrogen-bond acceptors (Lipinski definition) is 12. The Kier molecular flexibility index (Phi) is 24.5. The summed E-state index contributed by atoms with van der Waals surface area (Å²) in [6, 6.07) is 24.6. The highest BCUT2D eigenvalue weighted by atomic mass is 79.9. The van der Waals surface area contributed by atoms with Crippen molar-refractivity contribution in [3.63, 3.8) is 0 Å². The minimum Gasteiger partial charge on any atom is -0.468 e. The van der Waals surface area contributed by atoms with E-state index in [0.29, 0.717) is 43.2 Å². The van der Waals surface area contributed by atoms with Crippen LogP contribution in [0, 0.1) is 25.5 Å². The lowest BCUT2D eigenvalue weighted by molar-refractivity contribution is -0.141. The predicted molar refractivity (Wildman–Crippen MR) is 294 cm³/mol. The number of nitrogens with zero attached hydrogens (tertiary/aromatic N) is 3. The van der Waals surface area contributed by atoms with E-state index in [1.807, 2.05) is 18.4 Å². The summed E-state index contributed by atoms with van der Waals surface area (Å²) in [4.78, 5) is 48.3. The summed E-state index contributed by atoms with van der Waals surface area (Å²) in [5.41, 5.74) is 5.11. The molecule has 1 N–H and O–H groups in total. The summed E-state index contributed by atoms with van der Waals surface area (Å²) in [7, 11) is -5.46. The van der Waals surface area contributed by atoms with Crippen molar-refractivity contribution in [2.24, 2.45) is 0 Å². The van der Waals surface area contributed by atoms with Gasteiger partial charge in [-0.2, -0.15) is 9.03 Å². The summed E-state index contributed by atoms with van der Waals surface area (Å²) in [5.74, 6) is -3.13. The highest BCUT2D eigenvalue weighted by Gasteiger charge is 2.34. The maximum atomic E-state index is 13.6. The highest BCUT2D eigenvalue weighted by molar-refractivity contribution is 9.13. The van der Waals surface area contributed by atoms with Gasteiger partial charge in [0.2, 0.25) is 20.0 Å². The van der Waals surface area contributed by atoms with Crippen molar-refractivity contribution in [3.8, 4) is 0 Å². The Morgan fingerprint density at radius 2 is 1.00 bits per heavy atom. The number of aryl methyl sites for hydroxylation is 2. The number of hydrogen-bond donors (Lipinski definition) is 1. The molecule has 6 rings (SSSR count). The molecule has 16 nitrogen and oxygen atoms in total. The number of benzene rings is 4. The van der Waals surface area contributed by atoms with Gasteiger partial charge in [-0.3, -0.25) is 9.59 Å². The molecule has 0 atom stereocenters. The Morgan fingerprint density at radius 1 is 0.600 bits per heavy atom. The second kappa shape index (κ2) is 29.2. The largest absolute Gasteiger partial charge is 0.468 e. The average Bonchev–Trinajstić information content (AvgIpc) is 3.76. The minimum atomic E-state index is -4.19. The Labute approximate surface area is 476 Å². The molecule has 6 aromatic rings. The van der Waals surface area contributed by atoms with E-state index in [4.69, 9.17) is 14.2 Å². The van der Waals surface area contributed by atoms with E-state index in [1.165, 1.54) is 55.6 Å². The molecule has 0 aliphatic rings. The second-order valence-electron chi connectivity index (χ2n) is 15.7. The van der Waals surface area contributed by atoms with E-state index >= 15 is 0 Å². The van der Waals surface area contributed by atoms with Gasteiger partial charge in [0.25, 0.3) is 0 Å². The first kappa shape index (κ1) is 62.9. The van der Waals surface area contributed by atoms with Gasteiger partial charge in [0.05, 0.1) is 63.8 Å². The summed E-state index contributed by atoms with van der Waals surface area (Å²) < 4.78 is 105. The quantitative estimate of drug-likeness (QED) is 0.0458. The first-order valence-corrected chi connectivity index (χ1v) is 29.4. The smallest absolute Gasteiger partial charge is 0.341 e. The van der Waals surface area contributed by atoms with Gasteiger partial charge in [-0.15, -0.1) is 0 Å². The molecule has 0 radical (unpaired) electrons. The van der Waals surface area contributed by atoms with Crippen LogP contribution in [0.15, 0.2) is 125 Å². The van der Waals surface area contributed by atoms with Crippen molar-refractivity contribution in [3.05, 3.63) is 172 Å². The lowest BCUT2D eigenvalue weighted by Gasteiger charge is -2.23. The summed E-state index contributed by atoms with van der Waals surface area (Å²) in [5, 5.41) is 0.493. The SMILES string of the molecule is CCOC(=O)c1c(Br)c(Br)n(Cc2ccc(F)cc2)c1CBr.CCOC(=O)c1c(Br)c(Br)n(Cc2ccc(F)cc2)c1CN(CC(=O)OC)S(=O)(=O)c1ccc(C)cc1.COC(=O)CNS(=O)(=O)c1ccc(C)cc1. The molecule has 0 bridgehead atoms. The third kappa shape index (κ3) is 17.2.